The van der Waals surface area contributed by atoms with Crippen LogP contribution in [0.3, 0.4) is 0 Å². The van der Waals surface area contributed by atoms with Crippen molar-refractivity contribution in [2.24, 2.45) is 5.73 Å². The zero-order valence-corrected chi connectivity index (χ0v) is 13.1. The molecular formula is C17H20ClFN2. The van der Waals surface area contributed by atoms with Crippen molar-refractivity contribution in [2.75, 3.05) is 18.5 Å². The summed E-state index contributed by atoms with van der Waals surface area (Å²) in [5.41, 5.74) is 8.22. The van der Waals surface area contributed by atoms with Gasteiger partial charge in [-0.25, -0.2) is 4.39 Å². The van der Waals surface area contributed by atoms with Crippen molar-refractivity contribution < 1.29 is 4.39 Å². The van der Waals surface area contributed by atoms with Gasteiger partial charge in [-0.05, 0) is 43.7 Å². The Morgan fingerprint density at radius 1 is 1.24 bits per heavy atom. The molecule has 2 aromatic rings. The molecule has 2 N–H and O–H groups in total. The topological polar surface area (TPSA) is 29.3 Å². The van der Waals surface area contributed by atoms with Gasteiger partial charge >= 0.3 is 0 Å². The second-order valence-corrected chi connectivity index (χ2v) is 5.53. The third kappa shape index (κ3) is 3.55. The van der Waals surface area contributed by atoms with Crippen molar-refractivity contribution in [3.63, 3.8) is 0 Å². The van der Waals surface area contributed by atoms with Crippen LogP contribution in [0.4, 0.5) is 10.1 Å². The maximum Gasteiger partial charge on any atom is 0.128 e. The Kier molecular flexibility index (Phi) is 5.21. The summed E-state index contributed by atoms with van der Waals surface area (Å²) in [6, 6.07) is 12.6. The van der Waals surface area contributed by atoms with Gasteiger partial charge in [-0.1, -0.05) is 35.9 Å². The average molecular weight is 307 g/mol. The lowest BCUT2D eigenvalue weighted by Crippen LogP contribution is -2.22. The first-order valence-electron chi connectivity index (χ1n) is 7.00. The van der Waals surface area contributed by atoms with Crippen LogP contribution in [0.25, 0.3) is 0 Å². The summed E-state index contributed by atoms with van der Waals surface area (Å²) in [6.07, 6.45) is 0.756. The Morgan fingerprint density at radius 3 is 2.57 bits per heavy atom. The van der Waals surface area contributed by atoms with Crippen molar-refractivity contribution in [3.05, 3.63) is 64.4 Å². The molecule has 2 rings (SSSR count). The first-order chi connectivity index (χ1) is 10.0. The van der Waals surface area contributed by atoms with Crippen molar-refractivity contribution >= 4 is 17.3 Å². The molecule has 0 spiro atoms. The molecule has 0 amide bonds. The van der Waals surface area contributed by atoms with Crippen LogP contribution in [0.2, 0.25) is 5.02 Å². The average Bonchev–Trinajstić information content (AvgIpc) is 2.48. The van der Waals surface area contributed by atoms with Crippen LogP contribution in [0.1, 0.15) is 24.1 Å². The predicted octanol–water partition coefficient (Wildman–Crippen LogP) is 4.18. The maximum absolute atomic E-state index is 13.9. The molecule has 0 aromatic heterocycles. The third-order valence-electron chi connectivity index (χ3n) is 3.79. The number of rotatable bonds is 5. The zero-order chi connectivity index (χ0) is 15.4. The van der Waals surface area contributed by atoms with Gasteiger partial charge in [0.25, 0.3) is 0 Å². The molecule has 0 aliphatic rings. The molecule has 0 aliphatic heterocycles. The van der Waals surface area contributed by atoms with Gasteiger partial charge in [-0.2, -0.15) is 0 Å². The number of benzene rings is 2. The van der Waals surface area contributed by atoms with Crippen LogP contribution in [0.15, 0.2) is 42.5 Å². The number of nitrogens with zero attached hydrogens (tertiary/aromatic N) is 1. The number of halogens is 2. The second-order valence-electron chi connectivity index (χ2n) is 5.12. The normalized spacial score (nSPS) is 12.2. The SMILES string of the molecule is CC(c1ccccc1F)N(C)c1ccc(CCN)c(Cl)c1. The number of hydrogen-bond acceptors (Lipinski definition) is 2. The molecule has 0 bridgehead atoms. The van der Waals surface area contributed by atoms with Gasteiger partial charge < -0.3 is 10.6 Å². The summed E-state index contributed by atoms with van der Waals surface area (Å²) in [6.45, 7) is 2.54. The van der Waals surface area contributed by atoms with Crippen LogP contribution in [0.5, 0.6) is 0 Å². The van der Waals surface area contributed by atoms with E-state index < -0.39 is 0 Å². The van der Waals surface area contributed by atoms with Gasteiger partial charge in [0.2, 0.25) is 0 Å². The van der Waals surface area contributed by atoms with Gasteiger partial charge in [-0.15, -0.1) is 0 Å². The van der Waals surface area contributed by atoms with Crippen molar-refractivity contribution in [2.45, 2.75) is 19.4 Å². The van der Waals surface area contributed by atoms with Gasteiger partial charge in [-0.3, -0.25) is 0 Å². The van der Waals surface area contributed by atoms with Crippen molar-refractivity contribution in [1.29, 1.82) is 0 Å². The van der Waals surface area contributed by atoms with E-state index in [1.54, 1.807) is 12.1 Å². The Balaban J connectivity index is 2.25. The Bertz CT molecular complexity index is 615. The lowest BCUT2D eigenvalue weighted by Gasteiger charge is -2.28. The fourth-order valence-corrected chi connectivity index (χ4v) is 2.63. The highest BCUT2D eigenvalue weighted by Gasteiger charge is 2.16. The van der Waals surface area contributed by atoms with Crippen LogP contribution < -0.4 is 10.6 Å². The minimum Gasteiger partial charge on any atom is -0.368 e. The molecule has 1 atom stereocenters. The molecule has 1 unspecified atom stereocenters. The van der Waals surface area contributed by atoms with Crippen molar-refractivity contribution in [3.8, 4) is 0 Å². The van der Waals surface area contributed by atoms with E-state index in [4.69, 9.17) is 17.3 Å². The van der Waals surface area contributed by atoms with E-state index in [2.05, 4.69) is 0 Å². The zero-order valence-electron chi connectivity index (χ0n) is 12.3. The highest BCUT2D eigenvalue weighted by Crippen LogP contribution is 2.30. The molecule has 112 valence electrons. The first kappa shape index (κ1) is 15.8. The minimum atomic E-state index is -0.192. The lowest BCUT2D eigenvalue weighted by atomic mass is 10.1. The molecule has 0 heterocycles. The van der Waals surface area contributed by atoms with Crippen LogP contribution in [-0.2, 0) is 6.42 Å². The molecule has 0 fully saturated rings. The van der Waals surface area contributed by atoms with E-state index in [1.165, 1.54) is 6.07 Å². The summed E-state index contributed by atoms with van der Waals surface area (Å²) in [7, 11) is 1.94. The van der Waals surface area contributed by atoms with Gasteiger partial charge in [0, 0.05) is 23.3 Å². The molecule has 0 saturated heterocycles. The molecule has 2 aromatic carbocycles. The number of anilines is 1. The van der Waals surface area contributed by atoms with E-state index in [0.717, 1.165) is 17.7 Å². The van der Waals surface area contributed by atoms with Crippen LogP contribution in [-0.4, -0.2) is 13.6 Å². The molecular weight excluding hydrogens is 287 g/mol. The molecule has 0 aliphatic carbocycles. The summed E-state index contributed by atoms with van der Waals surface area (Å²) < 4.78 is 13.9. The van der Waals surface area contributed by atoms with E-state index >= 15 is 0 Å². The van der Waals surface area contributed by atoms with E-state index in [1.807, 2.05) is 43.1 Å². The fraction of sp³-hybridized carbons (Fsp3) is 0.294. The molecule has 0 saturated carbocycles. The summed E-state index contributed by atoms with van der Waals surface area (Å²) in [5, 5.41) is 0.700. The fourth-order valence-electron chi connectivity index (χ4n) is 2.36. The highest BCUT2D eigenvalue weighted by atomic mass is 35.5. The van der Waals surface area contributed by atoms with Crippen molar-refractivity contribution in [1.82, 2.24) is 0 Å². The number of hydrogen-bond donors (Lipinski definition) is 1. The molecule has 21 heavy (non-hydrogen) atoms. The van der Waals surface area contributed by atoms with Gasteiger partial charge in [0.15, 0.2) is 0 Å². The predicted molar refractivity (Wildman–Crippen MR) is 87.4 cm³/mol. The largest absolute Gasteiger partial charge is 0.368 e. The summed E-state index contributed by atoms with van der Waals surface area (Å²) in [4.78, 5) is 2.01. The van der Waals surface area contributed by atoms with Gasteiger partial charge in [0.1, 0.15) is 5.82 Å². The smallest absolute Gasteiger partial charge is 0.128 e. The molecule has 4 heteroatoms. The Morgan fingerprint density at radius 2 is 1.95 bits per heavy atom. The lowest BCUT2D eigenvalue weighted by molar-refractivity contribution is 0.585. The van der Waals surface area contributed by atoms with Crippen LogP contribution >= 0.6 is 11.6 Å². The minimum absolute atomic E-state index is 0.0809. The number of nitrogens with two attached hydrogens (primary N) is 1. The molecule has 0 radical (unpaired) electrons. The Hall–Kier alpha value is -1.58. The molecule has 2 nitrogen and oxygen atoms in total. The highest BCUT2D eigenvalue weighted by molar-refractivity contribution is 6.31. The standard InChI is InChI=1S/C17H20ClFN2/c1-12(15-5-3-4-6-17(15)19)21(2)14-8-7-13(9-10-20)16(18)11-14/h3-8,11-12H,9-10,20H2,1-2H3. The maximum atomic E-state index is 13.9. The third-order valence-corrected chi connectivity index (χ3v) is 4.15. The van der Waals surface area contributed by atoms with Gasteiger partial charge in [0.05, 0.1) is 6.04 Å². The van der Waals surface area contributed by atoms with E-state index in [9.17, 15) is 4.39 Å². The summed E-state index contributed by atoms with van der Waals surface area (Å²) >= 11 is 6.28. The quantitative estimate of drug-likeness (QED) is 0.898. The van der Waals surface area contributed by atoms with E-state index in [-0.39, 0.29) is 11.9 Å². The Labute approximate surface area is 130 Å². The van der Waals surface area contributed by atoms with Crippen LogP contribution in [0, 0.1) is 5.82 Å². The van der Waals surface area contributed by atoms with E-state index in [0.29, 0.717) is 17.1 Å². The first-order valence-corrected chi connectivity index (χ1v) is 7.38. The monoisotopic (exact) mass is 306 g/mol. The second kappa shape index (κ2) is 6.92. The summed E-state index contributed by atoms with van der Waals surface area (Å²) in [5.74, 6) is -0.192.